The number of methoxy groups -OCH3 is 1. The Balaban J connectivity index is -0.000000430. The van der Waals surface area contributed by atoms with Crippen LogP contribution in [0.4, 0.5) is 4.79 Å². The van der Waals surface area contributed by atoms with Crippen molar-refractivity contribution in [3.8, 4) is 24.3 Å². The second-order valence-corrected chi connectivity index (χ2v) is 29.8. The van der Waals surface area contributed by atoms with E-state index in [4.69, 9.17) is 70.5 Å². The van der Waals surface area contributed by atoms with Gasteiger partial charge in [0, 0.05) is 85.8 Å². The van der Waals surface area contributed by atoms with E-state index in [0.717, 1.165) is 80.7 Å². The van der Waals surface area contributed by atoms with Gasteiger partial charge in [-0.3, -0.25) is 38.4 Å². The van der Waals surface area contributed by atoms with Gasteiger partial charge in [0.15, 0.2) is 5.60 Å². The summed E-state index contributed by atoms with van der Waals surface area (Å²) >= 11 is 5.17. The van der Waals surface area contributed by atoms with Gasteiger partial charge in [0.25, 0.3) is 0 Å². The van der Waals surface area contributed by atoms with E-state index in [1.54, 1.807) is 58.9 Å². The number of benzene rings is 1. The number of hydrogen-bond donors (Lipinski definition) is 5. The standard InChI is InChI=1S/C13H21NO6.C13H19NO2.C13H15NO2.C12H22N2O2.C11H17ClO4.C11H18O5.2C8H14N2O/c1-4-10(3)12(16)19-8-9-20-13(17)14-6-7-18-11(15)5-2;1-3-8(2)13(15)16-12-6-9-4-10(12)5-11(9)7-14;1-3-10(2)13(15)16-9-12-6-4-11(8-14)5-7-12;1-6-12(4,5)11(16)14-8-7-13-10(15)9(2)3;1-4-11(2,3)10(14)16-8-7-15-9(13)5-6-12;1-5-9(12)15-7-8-16-10(13)11(3,6-2)14-4;2*1-3-7(2)8(11)10-6-4-5-9/h5,10H,2,4,6-9H2,1,3H3,(H,14,17);8-12H,3-6H2,1-2H3;4-7,10H,3,9H2,1-2H3;2,6-8H2,1,3-5H3,(H,13,15)(H,14,16);5-6H,4,7-8H2,1-3H3;5H,1,6-8H2,2-4H3;2*7H,3-4,6H2,1-2H3,(H,10,11)/b;;;;6-5+;;;. The topological polar surface area (TPSA) is 470 Å². The maximum Gasteiger partial charge on any atom is 0.407 e. The minimum Gasteiger partial charge on any atom is -0.462 e. The van der Waals surface area contributed by atoms with Crippen LogP contribution in [0.5, 0.6) is 0 Å². The Kier molecular flexibility index (Phi) is 70.7. The first-order chi connectivity index (χ1) is 57.5. The summed E-state index contributed by atoms with van der Waals surface area (Å²) in [6.45, 7) is 47.8. The molecule has 10 unspecified atom stereocenters. The van der Waals surface area contributed by atoms with Crippen LogP contribution in [0.2, 0.25) is 0 Å². The number of nitrogens with zero attached hydrogens (tertiary/aromatic N) is 4. The Morgan fingerprint density at radius 2 is 0.943 bits per heavy atom. The highest BCUT2D eigenvalue weighted by Crippen LogP contribution is 2.49. The van der Waals surface area contributed by atoms with Gasteiger partial charge in [-0.25, -0.2) is 24.0 Å². The summed E-state index contributed by atoms with van der Waals surface area (Å²) in [7, 11) is 1.45. The van der Waals surface area contributed by atoms with Crippen LogP contribution in [0.3, 0.4) is 0 Å². The van der Waals surface area contributed by atoms with Crippen LogP contribution in [0.25, 0.3) is 0 Å². The zero-order valence-electron chi connectivity index (χ0n) is 75.9. The molecule has 2 fully saturated rings. The molecule has 2 aliphatic carbocycles. The number of ether oxygens (including phenoxy) is 10. The van der Waals surface area contributed by atoms with Crippen molar-refractivity contribution in [2.75, 3.05) is 86.1 Å². The van der Waals surface area contributed by atoms with E-state index in [0.29, 0.717) is 81.3 Å². The Labute approximate surface area is 729 Å². The van der Waals surface area contributed by atoms with Crippen LogP contribution >= 0.6 is 11.6 Å². The second kappa shape index (κ2) is 72.0. The molecule has 0 radical (unpaired) electrons. The van der Waals surface area contributed by atoms with Gasteiger partial charge in [0.2, 0.25) is 23.6 Å². The third-order valence-electron chi connectivity index (χ3n) is 19.3. The number of amides is 5. The number of carbonyl (C=O) groups is 13. The van der Waals surface area contributed by atoms with Crippen molar-refractivity contribution in [3.63, 3.8) is 0 Å². The fraction of sp³-hybridized carbons (Fsp3) is 0.652. The van der Waals surface area contributed by atoms with Gasteiger partial charge < -0.3 is 74.0 Å². The number of hydrogen-bond acceptors (Lipinski definition) is 27. The van der Waals surface area contributed by atoms with Crippen LogP contribution in [-0.4, -0.2) is 175 Å². The second-order valence-electron chi connectivity index (χ2n) is 29.6. The molecule has 0 aromatic heterocycles. The molecule has 2 saturated carbocycles. The first-order valence-electron chi connectivity index (χ1n) is 41.3. The van der Waals surface area contributed by atoms with Gasteiger partial charge in [-0.2, -0.15) is 21.0 Å². The predicted molar refractivity (Wildman–Crippen MR) is 460 cm³/mol. The lowest BCUT2D eigenvalue weighted by atomic mass is 9.88. The molecule has 122 heavy (non-hydrogen) atoms. The number of alkyl carbamates (subject to hydrolysis) is 1. The number of fused-ring (bicyclic) bond motifs is 2. The molecule has 0 spiro atoms. The summed E-state index contributed by atoms with van der Waals surface area (Å²) < 4.78 is 49.2. The van der Waals surface area contributed by atoms with Crippen LogP contribution in [0.1, 0.15) is 226 Å². The van der Waals surface area contributed by atoms with E-state index >= 15 is 0 Å². The molecule has 686 valence electrons. The summed E-state index contributed by atoms with van der Waals surface area (Å²) in [4.78, 5) is 145. The number of halogens is 1. The molecular formula is C89H140ClN9O23. The largest absolute Gasteiger partial charge is 0.462 e. The average molecular weight is 1740 g/mol. The van der Waals surface area contributed by atoms with Crippen molar-refractivity contribution >= 4 is 89.1 Å². The average Bonchev–Trinajstić information content (AvgIpc) is 1.64. The van der Waals surface area contributed by atoms with Gasteiger partial charge in [-0.15, -0.1) is 0 Å². The summed E-state index contributed by atoms with van der Waals surface area (Å²) in [5, 5.41) is 47.0. The third-order valence-corrected chi connectivity index (χ3v) is 19.5. The Morgan fingerprint density at radius 3 is 1.36 bits per heavy atom. The number of nitriles is 4. The molecule has 0 aliphatic heterocycles. The lowest BCUT2D eigenvalue weighted by Crippen LogP contribution is -2.40. The smallest absolute Gasteiger partial charge is 0.407 e. The molecule has 0 heterocycles. The van der Waals surface area contributed by atoms with Crippen molar-refractivity contribution in [1.82, 2.24) is 26.6 Å². The monoisotopic (exact) mass is 1740 g/mol. The zero-order valence-corrected chi connectivity index (χ0v) is 76.6. The van der Waals surface area contributed by atoms with Gasteiger partial charge in [0.05, 0.1) is 72.4 Å². The summed E-state index contributed by atoms with van der Waals surface area (Å²) in [6.07, 6.45) is 12.3. The molecule has 0 saturated heterocycles. The lowest BCUT2D eigenvalue weighted by Gasteiger charge is -2.25. The lowest BCUT2D eigenvalue weighted by molar-refractivity contribution is -0.170. The van der Waals surface area contributed by atoms with Crippen LogP contribution in [0, 0.1) is 103 Å². The zero-order chi connectivity index (χ0) is 94.4. The van der Waals surface area contributed by atoms with Crippen LogP contribution in [0.15, 0.2) is 73.3 Å². The minimum atomic E-state index is -0.942. The van der Waals surface area contributed by atoms with Gasteiger partial charge in [0.1, 0.15) is 59.0 Å². The van der Waals surface area contributed by atoms with E-state index in [2.05, 4.69) is 61.9 Å². The Morgan fingerprint density at radius 1 is 0.500 bits per heavy atom. The third kappa shape index (κ3) is 58.3. The SMILES string of the molecule is C=C(C)C(=O)NCCNC(=O)C(C)(C)CC.C=CC(=O)OCCNC(=O)OCCOC(=O)C(C)CC.C=CC(=O)OCCOC(=O)C(C)(CC)OC.CCC(C)(C)C(=O)OCCOC(=O)/C=C/Cl.CCC(C)C(=O)NCCC#N.CCC(C)C(=O)NCCC#N.CCC(C)C(=O)OC1CC2CC1CC2C#N.CCC(C)C(=O)OCc1ccc(C#N)cc1. The summed E-state index contributed by atoms with van der Waals surface area (Å²) in [5.74, 6) is -1.99. The molecule has 5 N–H and O–H groups in total. The van der Waals surface area contributed by atoms with Crippen molar-refractivity contribution in [1.29, 1.82) is 21.0 Å². The molecule has 2 aliphatic rings. The molecule has 1 aromatic rings. The van der Waals surface area contributed by atoms with Crippen molar-refractivity contribution in [2.45, 2.75) is 233 Å². The van der Waals surface area contributed by atoms with E-state index < -0.39 is 41.0 Å². The molecule has 2 bridgehead atoms. The van der Waals surface area contributed by atoms with E-state index in [1.165, 1.54) is 7.11 Å². The molecule has 5 amide bonds. The quantitative estimate of drug-likeness (QED) is 0.0175. The van der Waals surface area contributed by atoms with Crippen LogP contribution in [-0.2, 0) is 112 Å². The molecular weight excluding hydrogens is 1600 g/mol. The molecule has 33 heteroatoms. The predicted octanol–water partition coefficient (Wildman–Crippen LogP) is 12.9. The normalized spacial score (nSPS) is 15.2. The number of nitrogens with one attached hydrogen (secondary N) is 5. The fourth-order valence-electron chi connectivity index (χ4n) is 8.78. The number of rotatable bonds is 43. The minimum absolute atomic E-state index is 0.00545. The van der Waals surface area contributed by atoms with E-state index in [9.17, 15) is 62.3 Å². The van der Waals surface area contributed by atoms with Gasteiger partial charge in [-0.1, -0.05) is 147 Å². The number of esters is 8. The van der Waals surface area contributed by atoms with E-state index in [-0.39, 0.29) is 154 Å². The summed E-state index contributed by atoms with van der Waals surface area (Å²) in [5.41, 5.74) is 1.25. The van der Waals surface area contributed by atoms with Gasteiger partial charge >= 0.3 is 53.8 Å². The first kappa shape index (κ1) is 120. The maximum atomic E-state index is 11.7. The summed E-state index contributed by atoms with van der Waals surface area (Å²) in [6, 6.07) is 15.3. The fourth-order valence-corrected chi connectivity index (χ4v) is 8.88. The van der Waals surface area contributed by atoms with Crippen molar-refractivity contribution in [3.05, 3.63) is 84.5 Å². The molecule has 10 atom stereocenters. The first-order valence-corrected chi connectivity index (χ1v) is 41.7. The van der Waals surface area contributed by atoms with E-state index in [1.807, 2.05) is 115 Å². The highest BCUT2D eigenvalue weighted by atomic mass is 35.5. The molecule has 3 rings (SSSR count). The highest BCUT2D eigenvalue weighted by molar-refractivity contribution is 6.26. The Hall–Kier alpha value is -10.7. The number of carbonyl (C=O) groups excluding carboxylic acids is 13. The molecule has 1 aromatic carbocycles. The van der Waals surface area contributed by atoms with Crippen LogP contribution < -0.4 is 26.6 Å². The van der Waals surface area contributed by atoms with Crippen molar-refractivity contribution < 1.29 is 110 Å². The van der Waals surface area contributed by atoms with Gasteiger partial charge in [-0.05, 0) is 128 Å². The Bertz CT molecular complexity index is 3500. The highest BCUT2D eigenvalue weighted by Gasteiger charge is 2.48. The maximum absolute atomic E-state index is 11.7. The molecule has 32 nitrogen and oxygen atoms in total. The van der Waals surface area contributed by atoms with Crippen molar-refractivity contribution in [2.24, 2.45) is 58.2 Å².